The lowest BCUT2D eigenvalue weighted by atomic mass is 10.3. The summed E-state index contributed by atoms with van der Waals surface area (Å²) < 4.78 is 0. The van der Waals surface area contributed by atoms with E-state index in [1.165, 1.54) is 0 Å². The summed E-state index contributed by atoms with van der Waals surface area (Å²) in [5.74, 6) is 0.815. The highest BCUT2D eigenvalue weighted by molar-refractivity contribution is 5.75. The smallest absolute Gasteiger partial charge is 0.147 e. The van der Waals surface area contributed by atoms with Crippen LogP contribution in [0.15, 0.2) is 30.5 Å². The first kappa shape index (κ1) is 10.8. The number of hydrogen-bond acceptors (Lipinski definition) is 4. The van der Waals surface area contributed by atoms with Crippen LogP contribution in [0.5, 0.6) is 0 Å². The topological polar surface area (TPSA) is 49.2 Å². The maximum absolute atomic E-state index is 8.95. The summed E-state index contributed by atoms with van der Waals surface area (Å²) in [6.07, 6.45) is 1.75. The van der Waals surface area contributed by atoms with E-state index in [0.717, 1.165) is 23.4 Å². The molecule has 2 aromatic rings. The first-order valence-corrected chi connectivity index (χ1v) is 5.42. The fourth-order valence-electron chi connectivity index (χ4n) is 1.66. The van der Waals surface area contributed by atoms with Gasteiger partial charge in [-0.3, -0.25) is 4.98 Å². The summed E-state index contributed by atoms with van der Waals surface area (Å²) in [6.45, 7) is 3.56. The maximum atomic E-state index is 8.95. The Hall–Kier alpha value is -1.68. The van der Waals surface area contributed by atoms with Crippen LogP contribution in [0.4, 0.5) is 5.82 Å². The van der Waals surface area contributed by atoms with Gasteiger partial charge in [-0.25, -0.2) is 4.98 Å². The van der Waals surface area contributed by atoms with Crippen LogP contribution in [0.3, 0.4) is 0 Å². The Morgan fingerprint density at radius 1 is 1.25 bits per heavy atom. The molecule has 0 amide bonds. The van der Waals surface area contributed by atoms with Gasteiger partial charge in [0.1, 0.15) is 5.82 Å². The highest BCUT2D eigenvalue weighted by Gasteiger charge is 2.06. The summed E-state index contributed by atoms with van der Waals surface area (Å²) >= 11 is 0. The van der Waals surface area contributed by atoms with Crippen LogP contribution in [0, 0.1) is 0 Å². The van der Waals surface area contributed by atoms with Gasteiger partial charge in [0.15, 0.2) is 0 Å². The number of nitrogens with zero attached hydrogens (tertiary/aromatic N) is 3. The normalized spacial score (nSPS) is 10.6. The SMILES string of the molecule is CCN(CCO)c1cnc2ccccc2n1. The highest BCUT2D eigenvalue weighted by Crippen LogP contribution is 2.14. The molecule has 0 saturated carbocycles. The van der Waals surface area contributed by atoms with Gasteiger partial charge in [0.25, 0.3) is 0 Å². The van der Waals surface area contributed by atoms with Crippen molar-refractivity contribution in [2.45, 2.75) is 6.92 Å². The van der Waals surface area contributed by atoms with Gasteiger partial charge in [-0.15, -0.1) is 0 Å². The highest BCUT2D eigenvalue weighted by atomic mass is 16.3. The largest absolute Gasteiger partial charge is 0.395 e. The molecule has 1 heterocycles. The zero-order chi connectivity index (χ0) is 11.4. The Kier molecular flexibility index (Phi) is 3.31. The third kappa shape index (κ3) is 2.12. The first-order valence-electron chi connectivity index (χ1n) is 5.42. The Balaban J connectivity index is 2.37. The number of aliphatic hydroxyl groups excluding tert-OH is 1. The van der Waals surface area contributed by atoms with Crippen molar-refractivity contribution >= 4 is 16.9 Å². The van der Waals surface area contributed by atoms with Gasteiger partial charge in [-0.1, -0.05) is 12.1 Å². The van der Waals surface area contributed by atoms with E-state index in [9.17, 15) is 0 Å². The standard InChI is InChI=1S/C12H15N3O/c1-2-15(7-8-16)12-9-13-10-5-3-4-6-11(10)14-12/h3-6,9,16H,2,7-8H2,1H3. The van der Waals surface area contributed by atoms with Crippen LogP contribution in [-0.4, -0.2) is 34.8 Å². The Morgan fingerprint density at radius 2 is 2.00 bits per heavy atom. The maximum Gasteiger partial charge on any atom is 0.147 e. The van der Waals surface area contributed by atoms with Gasteiger partial charge >= 0.3 is 0 Å². The number of likely N-dealkylation sites (N-methyl/N-ethyl adjacent to an activating group) is 1. The molecule has 84 valence electrons. The van der Waals surface area contributed by atoms with Crippen molar-refractivity contribution in [3.05, 3.63) is 30.5 Å². The summed E-state index contributed by atoms with van der Waals surface area (Å²) in [5, 5.41) is 8.95. The Morgan fingerprint density at radius 3 is 2.69 bits per heavy atom. The molecule has 1 N–H and O–H groups in total. The molecule has 2 rings (SSSR count). The second kappa shape index (κ2) is 4.90. The molecule has 0 radical (unpaired) electrons. The number of benzene rings is 1. The molecule has 1 aromatic heterocycles. The number of rotatable bonds is 4. The lowest BCUT2D eigenvalue weighted by Crippen LogP contribution is -2.27. The van der Waals surface area contributed by atoms with Crippen LogP contribution in [-0.2, 0) is 0 Å². The van der Waals surface area contributed by atoms with Crippen molar-refractivity contribution in [2.24, 2.45) is 0 Å². The van der Waals surface area contributed by atoms with Crippen LogP contribution in [0.25, 0.3) is 11.0 Å². The molecule has 0 spiro atoms. The van der Waals surface area contributed by atoms with Crippen LogP contribution in [0.2, 0.25) is 0 Å². The predicted octanol–water partition coefficient (Wildman–Crippen LogP) is 1.45. The number of anilines is 1. The molecule has 4 nitrogen and oxygen atoms in total. The molecule has 0 bridgehead atoms. The molecular formula is C12H15N3O. The van der Waals surface area contributed by atoms with Crippen molar-refractivity contribution in [1.82, 2.24) is 9.97 Å². The lowest BCUT2D eigenvalue weighted by molar-refractivity contribution is 0.302. The average Bonchev–Trinajstić information content (AvgIpc) is 2.35. The van der Waals surface area contributed by atoms with Crippen molar-refractivity contribution in [3.8, 4) is 0 Å². The fraction of sp³-hybridized carbons (Fsp3) is 0.333. The molecule has 0 aliphatic carbocycles. The molecule has 16 heavy (non-hydrogen) atoms. The zero-order valence-electron chi connectivity index (χ0n) is 9.30. The molecule has 0 atom stereocenters. The van der Waals surface area contributed by atoms with Crippen LogP contribution < -0.4 is 4.90 Å². The van der Waals surface area contributed by atoms with Gasteiger partial charge in [0.05, 0.1) is 23.8 Å². The third-order valence-electron chi connectivity index (χ3n) is 2.51. The monoisotopic (exact) mass is 217 g/mol. The molecule has 0 saturated heterocycles. The Labute approximate surface area is 94.6 Å². The number of aromatic nitrogens is 2. The van der Waals surface area contributed by atoms with Crippen LogP contribution in [0.1, 0.15) is 6.92 Å². The molecule has 0 fully saturated rings. The van der Waals surface area contributed by atoms with E-state index in [1.54, 1.807) is 6.20 Å². The minimum atomic E-state index is 0.127. The summed E-state index contributed by atoms with van der Waals surface area (Å²) in [7, 11) is 0. The number of aliphatic hydroxyl groups is 1. The van der Waals surface area contributed by atoms with Gasteiger partial charge < -0.3 is 10.0 Å². The van der Waals surface area contributed by atoms with Gasteiger partial charge in [-0.05, 0) is 19.1 Å². The molecule has 0 unspecified atom stereocenters. The molecule has 1 aromatic carbocycles. The number of fused-ring (bicyclic) bond motifs is 1. The second-order valence-corrected chi connectivity index (χ2v) is 3.52. The minimum absolute atomic E-state index is 0.127. The van der Waals surface area contributed by atoms with E-state index in [0.29, 0.717) is 6.54 Å². The van der Waals surface area contributed by atoms with Crippen molar-refractivity contribution in [1.29, 1.82) is 0 Å². The lowest BCUT2D eigenvalue weighted by Gasteiger charge is -2.20. The van der Waals surface area contributed by atoms with Crippen molar-refractivity contribution in [3.63, 3.8) is 0 Å². The van der Waals surface area contributed by atoms with Crippen molar-refractivity contribution < 1.29 is 5.11 Å². The van der Waals surface area contributed by atoms with E-state index >= 15 is 0 Å². The van der Waals surface area contributed by atoms with E-state index < -0.39 is 0 Å². The summed E-state index contributed by atoms with van der Waals surface area (Å²) in [5.41, 5.74) is 1.78. The van der Waals surface area contributed by atoms with Gasteiger partial charge in [-0.2, -0.15) is 0 Å². The van der Waals surface area contributed by atoms with E-state index in [2.05, 4.69) is 9.97 Å². The molecule has 4 heteroatoms. The van der Waals surface area contributed by atoms with E-state index in [1.807, 2.05) is 36.1 Å². The third-order valence-corrected chi connectivity index (χ3v) is 2.51. The van der Waals surface area contributed by atoms with Gasteiger partial charge in [0.2, 0.25) is 0 Å². The van der Waals surface area contributed by atoms with Gasteiger partial charge in [0, 0.05) is 13.1 Å². The van der Waals surface area contributed by atoms with Crippen molar-refractivity contribution in [2.75, 3.05) is 24.6 Å². The molecular weight excluding hydrogens is 202 g/mol. The quantitative estimate of drug-likeness (QED) is 0.842. The summed E-state index contributed by atoms with van der Waals surface area (Å²) in [4.78, 5) is 10.9. The summed E-state index contributed by atoms with van der Waals surface area (Å²) in [6, 6.07) is 7.78. The van der Waals surface area contributed by atoms with Crippen LogP contribution >= 0.6 is 0 Å². The first-order chi connectivity index (χ1) is 7.85. The number of para-hydroxylation sites is 2. The fourth-order valence-corrected chi connectivity index (χ4v) is 1.66. The zero-order valence-corrected chi connectivity index (χ0v) is 9.30. The predicted molar refractivity (Wildman–Crippen MR) is 64.5 cm³/mol. The second-order valence-electron chi connectivity index (χ2n) is 3.52. The van der Waals surface area contributed by atoms with E-state index in [-0.39, 0.29) is 6.61 Å². The minimum Gasteiger partial charge on any atom is -0.395 e. The average molecular weight is 217 g/mol. The molecule has 0 aliphatic rings. The Bertz CT molecular complexity index is 473. The van der Waals surface area contributed by atoms with E-state index in [4.69, 9.17) is 5.11 Å². The molecule has 0 aliphatic heterocycles. The number of hydrogen-bond donors (Lipinski definition) is 1.